The van der Waals surface area contributed by atoms with Crippen LogP contribution in [0.15, 0.2) is 23.2 Å². The van der Waals surface area contributed by atoms with E-state index in [1.165, 1.54) is 17.8 Å². The number of carbonyl (C=O) groups is 2. The van der Waals surface area contributed by atoms with E-state index in [4.69, 9.17) is 23.2 Å². The molecule has 3 amide bonds. The van der Waals surface area contributed by atoms with Crippen molar-refractivity contribution >= 4 is 57.8 Å². The molecule has 8 heteroatoms. The zero-order valence-electron chi connectivity index (χ0n) is 10.4. The number of carbonyl (C=O) groups excluding carboxylic acids is 2. The number of nitrogens with zero attached hydrogens (tertiary/aromatic N) is 1. The summed E-state index contributed by atoms with van der Waals surface area (Å²) >= 11 is 12.9. The van der Waals surface area contributed by atoms with Gasteiger partial charge in [0, 0.05) is 5.69 Å². The van der Waals surface area contributed by atoms with Gasteiger partial charge in [0.15, 0.2) is 5.17 Å². The summed E-state index contributed by atoms with van der Waals surface area (Å²) in [6, 6.07) is 4.13. The number of amidine groups is 1. The summed E-state index contributed by atoms with van der Waals surface area (Å²) in [5, 5.41) is 5.97. The van der Waals surface area contributed by atoms with Crippen LogP contribution in [-0.4, -0.2) is 22.4 Å². The molecular formula is C12H11Cl2N3O2S. The lowest BCUT2D eigenvalue weighted by Gasteiger charge is -2.03. The molecule has 1 aromatic rings. The smallest absolute Gasteiger partial charge is 0.306 e. The Labute approximate surface area is 130 Å². The molecule has 106 valence electrons. The summed E-state index contributed by atoms with van der Waals surface area (Å²) in [6.45, 7) is 1.90. The Morgan fingerprint density at radius 2 is 2.20 bits per heavy atom. The quantitative estimate of drug-likeness (QED) is 0.870. The molecule has 1 aliphatic rings. The minimum atomic E-state index is -0.581. The van der Waals surface area contributed by atoms with Crippen molar-refractivity contribution in [2.45, 2.75) is 18.6 Å². The summed E-state index contributed by atoms with van der Waals surface area (Å²) in [7, 11) is 0. The molecule has 1 aromatic carbocycles. The van der Waals surface area contributed by atoms with Gasteiger partial charge in [0.1, 0.15) is 0 Å². The van der Waals surface area contributed by atoms with Crippen molar-refractivity contribution in [3.8, 4) is 0 Å². The molecule has 1 aliphatic heterocycles. The molecule has 0 bridgehead atoms. The average Bonchev–Trinajstić information content (AvgIpc) is 2.73. The van der Waals surface area contributed by atoms with Gasteiger partial charge in [-0.3, -0.25) is 4.79 Å². The summed E-state index contributed by atoms with van der Waals surface area (Å²) in [6.07, 6.45) is 0.684. The third-order valence-corrected chi connectivity index (χ3v) is 4.51. The van der Waals surface area contributed by atoms with Gasteiger partial charge in [0.25, 0.3) is 0 Å². The van der Waals surface area contributed by atoms with Crippen LogP contribution >= 0.6 is 35.0 Å². The van der Waals surface area contributed by atoms with Crippen molar-refractivity contribution in [2.24, 2.45) is 4.99 Å². The van der Waals surface area contributed by atoms with Crippen LogP contribution < -0.4 is 10.6 Å². The Morgan fingerprint density at radius 1 is 1.45 bits per heavy atom. The molecule has 1 fully saturated rings. The summed E-state index contributed by atoms with van der Waals surface area (Å²) < 4.78 is 0. The average molecular weight is 332 g/mol. The van der Waals surface area contributed by atoms with Gasteiger partial charge >= 0.3 is 6.03 Å². The summed E-state index contributed by atoms with van der Waals surface area (Å²) in [5.74, 6) is -0.126. The minimum absolute atomic E-state index is 0.126. The van der Waals surface area contributed by atoms with Crippen molar-refractivity contribution < 1.29 is 9.59 Å². The zero-order valence-corrected chi connectivity index (χ0v) is 12.8. The number of thioether (sulfide) groups is 1. The lowest BCUT2D eigenvalue weighted by molar-refractivity contribution is -0.118. The third-order valence-electron chi connectivity index (χ3n) is 2.52. The molecule has 0 aliphatic carbocycles. The maximum atomic E-state index is 11.7. The second-order valence-corrected chi connectivity index (χ2v) is 5.99. The maximum Gasteiger partial charge on any atom is 0.347 e. The number of urea groups is 1. The molecule has 1 heterocycles. The Hall–Kier alpha value is -1.24. The second kappa shape index (κ2) is 6.47. The second-order valence-electron chi connectivity index (χ2n) is 3.98. The minimum Gasteiger partial charge on any atom is -0.306 e. The fraction of sp³-hybridized carbons (Fsp3) is 0.250. The first-order valence-corrected chi connectivity index (χ1v) is 7.45. The van der Waals surface area contributed by atoms with Crippen molar-refractivity contribution in [3.63, 3.8) is 0 Å². The van der Waals surface area contributed by atoms with E-state index in [0.717, 1.165) is 0 Å². The first-order chi connectivity index (χ1) is 9.49. The fourth-order valence-electron chi connectivity index (χ4n) is 1.54. The number of rotatable bonds is 2. The SMILES string of the molecule is CC[C@@H]1SC(=NC(=O)Nc2ccc(Cl)c(Cl)c2)NC1=O. The van der Waals surface area contributed by atoms with E-state index in [9.17, 15) is 9.59 Å². The Bertz CT molecular complexity index is 592. The number of benzene rings is 1. The van der Waals surface area contributed by atoms with Gasteiger partial charge in [-0.2, -0.15) is 4.99 Å². The molecule has 0 unspecified atom stereocenters. The van der Waals surface area contributed by atoms with Gasteiger partial charge < -0.3 is 10.6 Å². The van der Waals surface area contributed by atoms with Crippen molar-refractivity contribution in [3.05, 3.63) is 28.2 Å². The Kier molecular flexibility index (Phi) is 4.91. The van der Waals surface area contributed by atoms with Gasteiger partial charge in [0.05, 0.1) is 15.3 Å². The lowest BCUT2D eigenvalue weighted by atomic mass is 10.3. The highest BCUT2D eigenvalue weighted by atomic mass is 35.5. The fourth-order valence-corrected chi connectivity index (χ4v) is 2.74. The van der Waals surface area contributed by atoms with Gasteiger partial charge in [-0.05, 0) is 24.6 Å². The van der Waals surface area contributed by atoms with Crippen LogP contribution in [0.5, 0.6) is 0 Å². The molecular weight excluding hydrogens is 321 g/mol. The highest BCUT2D eigenvalue weighted by molar-refractivity contribution is 8.15. The molecule has 5 nitrogen and oxygen atoms in total. The predicted octanol–water partition coefficient (Wildman–Crippen LogP) is 3.52. The Balaban J connectivity index is 2.02. The molecule has 0 aromatic heterocycles. The van der Waals surface area contributed by atoms with E-state index in [1.807, 2.05) is 6.92 Å². The first kappa shape index (κ1) is 15.2. The molecule has 1 atom stereocenters. The largest absolute Gasteiger partial charge is 0.347 e. The van der Waals surface area contributed by atoms with Crippen LogP contribution in [0, 0.1) is 0 Å². The number of amides is 3. The summed E-state index contributed by atoms with van der Waals surface area (Å²) in [5.41, 5.74) is 0.482. The van der Waals surface area contributed by atoms with Gasteiger partial charge in [-0.25, -0.2) is 4.79 Å². The van der Waals surface area contributed by atoms with Crippen LogP contribution in [0.2, 0.25) is 10.0 Å². The topological polar surface area (TPSA) is 70.6 Å². The lowest BCUT2D eigenvalue weighted by Crippen LogP contribution is -2.25. The molecule has 2 N–H and O–H groups in total. The number of hydrogen-bond donors (Lipinski definition) is 2. The van der Waals surface area contributed by atoms with Gasteiger partial charge in [0.2, 0.25) is 5.91 Å². The van der Waals surface area contributed by atoms with Crippen LogP contribution in [0.3, 0.4) is 0 Å². The zero-order chi connectivity index (χ0) is 14.7. The normalized spacial score (nSPS) is 20.1. The molecule has 2 rings (SSSR count). The molecule has 0 spiro atoms. The van der Waals surface area contributed by atoms with E-state index >= 15 is 0 Å². The number of nitrogens with one attached hydrogen (secondary N) is 2. The number of halogens is 2. The van der Waals surface area contributed by atoms with Crippen molar-refractivity contribution in [1.82, 2.24) is 5.32 Å². The molecule has 0 saturated carbocycles. The molecule has 0 radical (unpaired) electrons. The van der Waals surface area contributed by atoms with Gasteiger partial charge in [-0.15, -0.1) is 0 Å². The van der Waals surface area contributed by atoms with E-state index in [0.29, 0.717) is 27.3 Å². The highest BCUT2D eigenvalue weighted by Gasteiger charge is 2.28. The monoisotopic (exact) mass is 331 g/mol. The third kappa shape index (κ3) is 3.65. The summed E-state index contributed by atoms with van der Waals surface area (Å²) in [4.78, 5) is 27.0. The van der Waals surface area contributed by atoms with E-state index < -0.39 is 6.03 Å². The van der Waals surface area contributed by atoms with Crippen molar-refractivity contribution in [2.75, 3.05) is 5.32 Å². The highest BCUT2D eigenvalue weighted by Crippen LogP contribution is 2.25. The predicted molar refractivity (Wildman–Crippen MR) is 82.7 cm³/mol. The first-order valence-electron chi connectivity index (χ1n) is 5.82. The van der Waals surface area contributed by atoms with Crippen LogP contribution in [0.25, 0.3) is 0 Å². The van der Waals surface area contributed by atoms with Gasteiger partial charge in [-0.1, -0.05) is 41.9 Å². The van der Waals surface area contributed by atoms with Crippen molar-refractivity contribution in [1.29, 1.82) is 0 Å². The van der Waals surface area contributed by atoms with E-state index in [-0.39, 0.29) is 11.2 Å². The number of anilines is 1. The maximum absolute atomic E-state index is 11.7. The number of hydrogen-bond acceptors (Lipinski definition) is 3. The number of aliphatic imine (C=N–C) groups is 1. The Morgan fingerprint density at radius 3 is 2.80 bits per heavy atom. The van der Waals surface area contributed by atoms with Crippen LogP contribution in [0.4, 0.5) is 10.5 Å². The van der Waals surface area contributed by atoms with E-state index in [2.05, 4.69) is 15.6 Å². The van der Waals surface area contributed by atoms with Crippen LogP contribution in [-0.2, 0) is 4.79 Å². The molecule has 20 heavy (non-hydrogen) atoms. The molecule has 1 saturated heterocycles. The van der Waals surface area contributed by atoms with Crippen LogP contribution in [0.1, 0.15) is 13.3 Å². The van der Waals surface area contributed by atoms with E-state index in [1.54, 1.807) is 12.1 Å². The standard InChI is InChI=1S/C12H11Cl2N3O2S/c1-2-9-10(18)16-12(20-9)17-11(19)15-6-3-4-7(13)8(14)5-6/h3-5,9H,2H2,1H3,(H2,15,16,17,18,19)/t9-/m0/s1.